The van der Waals surface area contributed by atoms with Crippen molar-refractivity contribution in [3.63, 3.8) is 0 Å². The van der Waals surface area contributed by atoms with Crippen LogP contribution in [0.3, 0.4) is 0 Å². The summed E-state index contributed by atoms with van der Waals surface area (Å²) < 4.78 is 0. The lowest BCUT2D eigenvalue weighted by Crippen LogP contribution is -2.02. The van der Waals surface area contributed by atoms with Crippen LogP contribution >= 0.6 is 11.8 Å². The Morgan fingerprint density at radius 2 is 1.88 bits per heavy atom. The first-order valence-corrected chi connectivity index (χ1v) is 6.46. The van der Waals surface area contributed by atoms with Gasteiger partial charge in [-0.05, 0) is 19.1 Å². The molecule has 0 amide bonds. The van der Waals surface area contributed by atoms with Crippen LogP contribution in [-0.2, 0) is 5.75 Å². The summed E-state index contributed by atoms with van der Waals surface area (Å²) in [6.07, 6.45) is 5.30. The van der Waals surface area contributed by atoms with Crippen molar-refractivity contribution < 1.29 is 0 Å². The van der Waals surface area contributed by atoms with Crippen molar-refractivity contribution >= 4 is 17.6 Å². The Kier molecular flexibility index (Phi) is 4.32. The van der Waals surface area contributed by atoms with Crippen LogP contribution in [0.2, 0.25) is 0 Å². The van der Waals surface area contributed by atoms with Crippen molar-refractivity contribution in [2.45, 2.75) is 17.8 Å². The molecule has 2 heterocycles. The molecule has 0 radical (unpaired) electrons. The van der Waals surface area contributed by atoms with Gasteiger partial charge in [0.05, 0.1) is 0 Å². The van der Waals surface area contributed by atoms with Gasteiger partial charge in [-0.2, -0.15) is 0 Å². The zero-order valence-corrected chi connectivity index (χ0v) is 10.4. The van der Waals surface area contributed by atoms with Crippen molar-refractivity contribution in [1.82, 2.24) is 15.0 Å². The van der Waals surface area contributed by atoms with E-state index >= 15 is 0 Å². The van der Waals surface area contributed by atoms with Crippen molar-refractivity contribution in [2.24, 2.45) is 0 Å². The van der Waals surface area contributed by atoms with Crippen LogP contribution in [0.4, 0.5) is 5.82 Å². The summed E-state index contributed by atoms with van der Waals surface area (Å²) in [7, 11) is 0. The van der Waals surface area contributed by atoms with Gasteiger partial charge < -0.3 is 5.32 Å². The third-order valence-electron chi connectivity index (χ3n) is 2.13. The Balaban J connectivity index is 2.03. The lowest BCUT2D eigenvalue weighted by molar-refractivity contribution is 0.966. The number of rotatable bonds is 5. The van der Waals surface area contributed by atoms with Gasteiger partial charge in [0.25, 0.3) is 0 Å². The lowest BCUT2D eigenvalue weighted by Gasteiger charge is -2.08. The van der Waals surface area contributed by atoms with E-state index in [0.717, 1.165) is 23.3 Å². The smallest absolute Gasteiger partial charge is 0.187 e. The zero-order chi connectivity index (χ0) is 11.9. The Morgan fingerprint density at radius 3 is 2.65 bits per heavy atom. The molecule has 0 saturated carbocycles. The van der Waals surface area contributed by atoms with E-state index in [1.165, 1.54) is 5.56 Å². The van der Waals surface area contributed by atoms with E-state index in [2.05, 4.69) is 33.3 Å². The van der Waals surface area contributed by atoms with E-state index < -0.39 is 0 Å². The number of pyridine rings is 1. The maximum absolute atomic E-state index is 4.32. The molecule has 2 rings (SSSR count). The van der Waals surface area contributed by atoms with Gasteiger partial charge in [0.15, 0.2) is 5.16 Å². The first-order chi connectivity index (χ1) is 8.40. The first-order valence-electron chi connectivity index (χ1n) is 5.47. The molecule has 4 nitrogen and oxygen atoms in total. The molecule has 17 heavy (non-hydrogen) atoms. The molecular formula is C12H14N4S. The number of nitrogens with one attached hydrogen (secondary N) is 1. The predicted octanol–water partition coefficient (Wildman–Crippen LogP) is 2.60. The van der Waals surface area contributed by atoms with Crippen molar-refractivity contribution in [2.75, 3.05) is 11.9 Å². The van der Waals surface area contributed by atoms with Gasteiger partial charge in [-0.3, -0.25) is 0 Å². The Bertz CT molecular complexity index is 461. The van der Waals surface area contributed by atoms with Gasteiger partial charge in [0.2, 0.25) is 0 Å². The molecule has 0 atom stereocenters. The molecule has 0 aliphatic carbocycles. The Hall–Kier alpha value is -1.62. The molecule has 88 valence electrons. The fourth-order valence-electron chi connectivity index (χ4n) is 1.38. The maximum atomic E-state index is 4.32. The molecule has 2 aromatic heterocycles. The van der Waals surface area contributed by atoms with Crippen LogP contribution in [-0.4, -0.2) is 21.5 Å². The summed E-state index contributed by atoms with van der Waals surface area (Å²) in [6, 6.07) is 5.84. The number of hydrogen-bond acceptors (Lipinski definition) is 5. The molecular weight excluding hydrogens is 232 g/mol. The van der Waals surface area contributed by atoms with Gasteiger partial charge in [-0.25, -0.2) is 15.0 Å². The van der Waals surface area contributed by atoms with E-state index in [4.69, 9.17) is 0 Å². The second-order valence-electron chi connectivity index (χ2n) is 3.36. The highest BCUT2D eigenvalue weighted by Gasteiger charge is 2.03. The lowest BCUT2D eigenvalue weighted by atomic mass is 10.3. The number of aromatic nitrogens is 3. The fourth-order valence-corrected chi connectivity index (χ4v) is 2.17. The minimum Gasteiger partial charge on any atom is -0.370 e. The maximum Gasteiger partial charge on any atom is 0.187 e. The van der Waals surface area contributed by atoms with Crippen molar-refractivity contribution in [3.05, 3.63) is 42.4 Å². The van der Waals surface area contributed by atoms with E-state index in [1.54, 1.807) is 30.4 Å². The second-order valence-corrected chi connectivity index (χ2v) is 4.30. The Morgan fingerprint density at radius 1 is 1.12 bits per heavy atom. The first kappa shape index (κ1) is 11.9. The van der Waals surface area contributed by atoms with E-state index in [1.807, 2.05) is 12.1 Å². The molecule has 0 spiro atoms. The standard InChI is InChI=1S/C12H14N4S/c1-2-13-11-10(5-3-6-14-11)9-17-12-15-7-4-8-16-12/h3-8H,2,9H2,1H3,(H,13,14). The van der Waals surface area contributed by atoms with Gasteiger partial charge in [-0.15, -0.1) is 0 Å². The number of nitrogens with zero attached hydrogens (tertiary/aromatic N) is 3. The Labute approximate surface area is 105 Å². The number of thioether (sulfide) groups is 1. The zero-order valence-electron chi connectivity index (χ0n) is 9.63. The molecule has 1 N–H and O–H groups in total. The van der Waals surface area contributed by atoms with Crippen molar-refractivity contribution in [3.8, 4) is 0 Å². The highest BCUT2D eigenvalue weighted by atomic mass is 32.2. The number of anilines is 1. The second kappa shape index (κ2) is 6.20. The van der Waals surface area contributed by atoms with E-state index in [9.17, 15) is 0 Å². The summed E-state index contributed by atoms with van der Waals surface area (Å²) in [6.45, 7) is 2.93. The fraction of sp³-hybridized carbons (Fsp3) is 0.250. The average Bonchev–Trinajstić information content (AvgIpc) is 2.39. The van der Waals surface area contributed by atoms with Crippen LogP contribution in [0.1, 0.15) is 12.5 Å². The largest absolute Gasteiger partial charge is 0.370 e. The van der Waals surface area contributed by atoms with Crippen LogP contribution in [0.15, 0.2) is 41.9 Å². The average molecular weight is 246 g/mol. The molecule has 0 bridgehead atoms. The van der Waals surface area contributed by atoms with Gasteiger partial charge in [-0.1, -0.05) is 17.8 Å². The quantitative estimate of drug-likeness (QED) is 0.649. The molecule has 0 unspecified atom stereocenters. The molecule has 0 fully saturated rings. The van der Waals surface area contributed by atoms with Crippen LogP contribution < -0.4 is 5.32 Å². The van der Waals surface area contributed by atoms with Gasteiger partial charge in [0, 0.05) is 36.5 Å². The van der Waals surface area contributed by atoms with Crippen molar-refractivity contribution in [1.29, 1.82) is 0 Å². The molecule has 2 aromatic rings. The van der Waals surface area contributed by atoms with Crippen LogP contribution in [0.25, 0.3) is 0 Å². The summed E-state index contributed by atoms with van der Waals surface area (Å²) in [5, 5.41) is 4.04. The summed E-state index contributed by atoms with van der Waals surface area (Å²) >= 11 is 1.61. The summed E-state index contributed by atoms with van der Waals surface area (Å²) in [4.78, 5) is 12.7. The molecule has 0 saturated heterocycles. The third kappa shape index (κ3) is 3.42. The van der Waals surface area contributed by atoms with Gasteiger partial charge in [0.1, 0.15) is 5.82 Å². The SMILES string of the molecule is CCNc1ncccc1CSc1ncccn1. The highest BCUT2D eigenvalue weighted by molar-refractivity contribution is 7.98. The molecule has 5 heteroatoms. The highest BCUT2D eigenvalue weighted by Crippen LogP contribution is 2.22. The summed E-state index contributed by atoms with van der Waals surface area (Å²) in [5.74, 6) is 1.76. The summed E-state index contributed by atoms with van der Waals surface area (Å²) in [5.41, 5.74) is 1.17. The third-order valence-corrected chi connectivity index (χ3v) is 3.06. The predicted molar refractivity (Wildman–Crippen MR) is 70.0 cm³/mol. The number of hydrogen-bond donors (Lipinski definition) is 1. The molecule has 0 aliphatic heterocycles. The van der Waals surface area contributed by atoms with E-state index in [-0.39, 0.29) is 0 Å². The topological polar surface area (TPSA) is 50.7 Å². The van der Waals surface area contributed by atoms with E-state index in [0.29, 0.717) is 0 Å². The minimum atomic E-state index is 0.791. The monoisotopic (exact) mass is 246 g/mol. The van der Waals surface area contributed by atoms with Crippen LogP contribution in [0, 0.1) is 0 Å². The molecule has 0 aromatic carbocycles. The van der Waals surface area contributed by atoms with Gasteiger partial charge >= 0.3 is 0 Å². The normalized spacial score (nSPS) is 10.2. The van der Waals surface area contributed by atoms with Crippen LogP contribution in [0.5, 0.6) is 0 Å². The molecule has 0 aliphatic rings. The minimum absolute atomic E-state index is 0.791.